The smallest absolute Gasteiger partial charge is 0.444 e. The van der Waals surface area contributed by atoms with Gasteiger partial charge in [-0.1, -0.05) is 19.8 Å². The minimum absolute atomic E-state index is 0.0782. The van der Waals surface area contributed by atoms with Crippen molar-refractivity contribution in [3.63, 3.8) is 0 Å². The summed E-state index contributed by atoms with van der Waals surface area (Å²) in [4.78, 5) is 36.9. The lowest BCUT2D eigenvalue weighted by atomic mass is 9.78. The van der Waals surface area contributed by atoms with Gasteiger partial charge >= 0.3 is 13.2 Å². The van der Waals surface area contributed by atoms with Gasteiger partial charge < -0.3 is 30.7 Å². The van der Waals surface area contributed by atoms with Gasteiger partial charge in [-0.3, -0.25) is 9.59 Å². The third-order valence-corrected chi connectivity index (χ3v) is 5.26. The van der Waals surface area contributed by atoms with Crippen LogP contribution in [0.1, 0.15) is 66.7 Å². The average Bonchev–Trinajstić information content (AvgIpc) is 2.95. The van der Waals surface area contributed by atoms with E-state index < -0.39 is 24.4 Å². The van der Waals surface area contributed by atoms with Crippen LogP contribution in [0.15, 0.2) is 0 Å². The van der Waals surface area contributed by atoms with Gasteiger partial charge in [0.15, 0.2) is 0 Å². The first-order valence-electron chi connectivity index (χ1n) is 10.8. The van der Waals surface area contributed by atoms with Crippen LogP contribution >= 0.6 is 0 Å². The van der Waals surface area contributed by atoms with Crippen LogP contribution in [-0.2, 0) is 14.3 Å². The molecule has 5 N–H and O–H groups in total. The number of hydrogen-bond acceptors (Lipinski definition) is 6. The van der Waals surface area contributed by atoms with Crippen molar-refractivity contribution in [2.45, 2.75) is 84.2 Å². The van der Waals surface area contributed by atoms with E-state index in [1.165, 1.54) is 6.92 Å². The second-order valence-corrected chi connectivity index (χ2v) is 9.24. The highest BCUT2D eigenvalue weighted by Gasteiger charge is 2.50. The van der Waals surface area contributed by atoms with Gasteiger partial charge in [-0.2, -0.15) is 0 Å². The minimum atomic E-state index is -1.45. The van der Waals surface area contributed by atoms with E-state index in [0.717, 1.165) is 12.8 Å². The highest BCUT2D eigenvalue weighted by Crippen LogP contribution is 2.42. The van der Waals surface area contributed by atoms with Gasteiger partial charge in [-0.05, 0) is 58.2 Å². The maximum absolute atomic E-state index is 13.0. The van der Waals surface area contributed by atoms with E-state index in [9.17, 15) is 24.4 Å². The average molecular weight is 427 g/mol. The topological polar surface area (TPSA) is 137 Å². The number of carbonyl (C=O) groups is 3. The van der Waals surface area contributed by atoms with Crippen LogP contribution in [0.25, 0.3) is 0 Å². The predicted molar refractivity (Wildman–Crippen MR) is 115 cm³/mol. The number of amides is 3. The number of unbranched alkanes of at least 4 members (excludes halogenated alkanes) is 1. The van der Waals surface area contributed by atoms with E-state index in [4.69, 9.17) is 4.74 Å². The molecular weight excluding hydrogens is 389 g/mol. The van der Waals surface area contributed by atoms with Gasteiger partial charge in [0, 0.05) is 20.0 Å². The fraction of sp³-hybridized carbons (Fsp3) is 0.850. The van der Waals surface area contributed by atoms with Gasteiger partial charge in [0.05, 0.1) is 0 Å². The van der Waals surface area contributed by atoms with E-state index in [1.54, 1.807) is 20.8 Å². The summed E-state index contributed by atoms with van der Waals surface area (Å²) < 4.78 is 5.28. The van der Waals surface area contributed by atoms with Crippen molar-refractivity contribution in [1.82, 2.24) is 16.0 Å². The molecule has 0 saturated heterocycles. The van der Waals surface area contributed by atoms with Gasteiger partial charge in [0.1, 0.15) is 11.1 Å². The molecule has 172 valence electrons. The molecule has 3 amide bonds. The van der Waals surface area contributed by atoms with E-state index in [2.05, 4.69) is 16.0 Å². The number of rotatable bonds is 10. The van der Waals surface area contributed by atoms with Gasteiger partial charge in [0.25, 0.3) is 0 Å². The molecule has 0 spiro atoms. The first kappa shape index (κ1) is 26.2. The SMILES string of the molecule is CCCCNC(=O)[C@@]1(NC(C)=O)C[C@H](CCB(O)O)[C@@H](CNC(=O)OC(C)(C)C)C1. The van der Waals surface area contributed by atoms with E-state index in [1.807, 2.05) is 6.92 Å². The van der Waals surface area contributed by atoms with Crippen LogP contribution in [0, 0.1) is 11.8 Å². The highest BCUT2D eigenvalue weighted by atomic mass is 16.6. The monoisotopic (exact) mass is 427 g/mol. The fourth-order valence-electron chi connectivity index (χ4n) is 4.01. The molecule has 1 aliphatic rings. The Morgan fingerprint density at radius 1 is 1.13 bits per heavy atom. The Morgan fingerprint density at radius 3 is 2.30 bits per heavy atom. The van der Waals surface area contributed by atoms with Crippen LogP contribution in [0.3, 0.4) is 0 Å². The van der Waals surface area contributed by atoms with Crippen molar-refractivity contribution in [2.75, 3.05) is 13.1 Å². The summed E-state index contributed by atoms with van der Waals surface area (Å²) in [6.45, 7) is 9.52. The molecule has 1 saturated carbocycles. The highest BCUT2D eigenvalue weighted by molar-refractivity contribution is 6.40. The Morgan fingerprint density at radius 2 is 1.77 bits per heavy atom. The standard InChI is InChI=1S/C20H38BN3O6/c1-6-7-10-22-17(26)20(24-14(2)25)11-15(8-9-21(28)29)16(12-20)13-23-18(27)30-19(3,4)5/h15-16,28-29H,6-13H2,1-5H3,(H,22,26)(H,23,27)(H,24,25)/t15-,16+,20+/m0/s1. The zero-order valence-electron chi connectivity index (χ0n) is 18.9. The zero-order valence-corrected chi connectivity index (χ0v) is 18.9. The Kier molecular flexibility index (Phi) is 10.1. The third-order valence-electron chi connectivity index (χ3n) is 5.26. The number of ether oxygens (including phenoxy) is 1. The van der Waals surface area contributed by atoms with E-state index in [-0.39, 0.29) is 36.5 Å². The fourth-order valence-corrected chi connectivity index (χ4v) is 4.01. The summed E-state index contributed by atoms with van der Waals surface area (Å²) in [5.41, 5.74) is -1.70. The van der Waals surface area contributed by atoms with Crippen molar-refractivity contribution < 1.29 is 29.2 Å². The normalized spacial score (nSPS) is 23.6. The van der Waals surface area contributed by atoms with Gasteiger partial charge in [0.2, 0.25) is 11.8 Å². The molecule has 0 aromatic carbocycles. The van der Waals surface area contributed by atoms with Crippen LogP contribution < -0.4 is 16.0 Å². The second-order valence-electron chi connectivity index (χ2n) is 9.24. The van der Waals surface area contributed by atoms with Crippen molar-refractivity contribution in [3.05, 3.63) is 0 Å². The van der Waals surface area contributed by atoms with Crippen molar-refractivity contribution >= 4 is 25.0 Å². The van der Waals surface area contributed by atoms with Gasteiger partial charge in [-0.15, -0.1) is 0 Å². The molecule has 3 atom stereocenters. The summed E-state index contributed by atoms with van der Waals surface area (Å²) in [6, 6.07) is 0. The number of nitrogens with one attached hydrogen (secondary N) is 3. The number of alkyl carbamates (subject to hydrolysis) is 1. The lowest BCUT2D eigenvalue weighted by molar-refractivity contribution is -0.132. The Labute approximate surface area is 179 Å². The number of carbonyl (C=O) groups excluding carboxylic acids is 3. The molecule has 1 aliphatic carbocycles. The Bertz CT molecular complexity index is 596. The summed E-state index contributed by atoms with van der Waals surface area (Å²) in [6.07, 6.45) is 2.57. The molecule has 0 unspecified atom stereocenters. The summed E-state index contributed by atoms with van der Waals surface area (Å²) in [7, 11) is -1.45. The molecule has 1 fully saturated rings. The van der Waals surface area contributed by atoms with Crippen LogP contribution in [0.2, 0.25) is 6.32 Å². The molecule has 0 aliphatic heterocycles. The molecule has 1 rings (SSSR count). The second kappa shape index (κ2) is 11.5. The molecule has 0 bridgehead atoms. The Balaban J connectivity index is 2.95. The molecule has 0 aromatic rings. The summed E-state index contributed by atoms with van der Waals surface area (Å²) >= 11 is 0. The van der Waals surface area contributed by atoms with Crippen molar-refractivity contribution in [2.24, 2.45) is 11.8 Å². The van der Waals surface area contributed by atoms with Crippen LogP contribution in [0.5, 0.6) is 0 Å². The Hall–Kier alpha value is -1.81. The first-order chi connectivity index (χ1) is 13.9. The molecule has 0 heterocycles. The van der Waals surface area contributed by atoms with Crippen LogP contribution in [0.4, 0.5) is 4.79 Å². The maximum atomic E-state index is 13.0. The molecular formula is C20H38BN3O6. The molecule has 30 heavy (non-hydrogen) atoms. The molecule has 0 radical (unpaired) electrons. The maximum Gasteiger partial charge on any atom is 0.451 e. The van der Waals surface area contributed by atoms with Crippen molar-refractivity contribution in [1.29, 1.82) is 0 Å². The largest absolute Gasteiger partial charge is 0.451 e. The predicted octanol–water partition coefficient (Wildman–Crippen LogP) is 1.19. The molecule has 9 nitrogen and oxygen atoms in total. The number of hydrogen-bond donors (Lipinski definition) is 5. The quantitative estimate of drug-likeness (QED) is 0.262. The summed E-state index contributed by atoms with van der Waals surface area (Å²) in [5, 5.41) is 27.1. The van der Waals surface area contributed by atoms with E-state index in [0.29, 0.717) is 25.8 Å². The zero-order chi connectivity index (χ0) is 22.9. The van der Waals surface area contributed by atoms with Gasteiger partial charge in [-0.25, -0.2) is 4.79 Å². The third kappa shape index (κ3) is 8.91. The first-order valence-corrected chi connectivity index (χ1v) is 10.8. The molecule has 0 aromatic heterocycles. The van der Waals surface area contributed by atoms with Crippen molar-refractivity contribution in [3.8, 4) is 0 Å². The van der Waals surface area contributed by atoms with E-state index >= 15 is 0 Å². The van der Waals surface area contributed by atoms with Crippen LogP contribution in [-0.4, -0.2) is 59.3 Å². The molecule has 10 heteroatoms. The minimum Gasteiger partial charge on any atom is -0.444 e. The lowest BCUT2D eigenvalue weighted by Gasteiger charge is -2.29. The lowest BCUT2D eigenvalue weighted by Crippen LogP contribution is -2.57. The summed E-state index contributed by atoms with van der Waals surface area (Å²) in [5.74, 6) is -0.742.